The molecule has 22 heavy (non-hydrogen) atoms. The molecule has 0 aliphatic carbocycles. The van der Waals surface area contributed by atoms with Crippen LogP contribution in [0.2, 0.25) is 0 Å². The summed E-state index contributed by atoms with van der Waals surface area (Å²) in [6.45, 7) is 2.82. The van der Waals surface area contributed by atoms with Crippen molar-refractivity contribution in [2.24, 2.45) is 5.10 Å². The van der Waals surface area contributed by atoms with Gasteiger partial charge in [-0.05, 0) is 36.2 Å². The van der Waals surface area contributed by atoms with Crippen molar-refractivity contribution in [1.29, 1.82) is 0 Å². The highest BCUT2D eigenvalue weighted by Gasteiger charge is 2.04. The molecule has 0 atom stereocenters. The van der Waals surface area contributed by atoms with Gasteiger partial charge in [-0.2, -0.15) is 5.10 Å². The Morgan fingerprint density at radius 3 is 2.55 bits per heavy atom. The SMILES string of the molecule is CCCCOc1ccc(C(=O)N/N=C\c2ccccc2)cc1. The standard InChI is InChI=1S/C18H20N2O2/c1-2-3-13-22-17-11-9-16(10-12-17)18(21)20-19-14-15-7-5-4-6-8-15/h4-12,14H,2-3,13H2,1H3,(H,20,21)/b19-14-. The highest BCUT2D eigenvalue weighted by molar-refractivity contribution is 5.94. The number of nitrogens with zero attached hydrogens (tertiary/aromatic N) is 1. The summed E-state index contributed by atoms with van der Waals surface area (Å²) in [6, 6.07) is 16.7. The lowest BCUT2D eigenvalue weighted by molar-refractivity contribution is 0.0955. The van der Waals surface area contributed by atoms with Gasteiger partial charge < -0.3 is 4.74 Å². The van der Waals surface area contributed by atoms with Gasteiger partial charge in [-0.25, -0.2) is 5.43 Å². The highest BCUT2D eigenvalue weighted by Crippen LogP contribution is 2.12. The van der Waals surface area contributed by atoms with E-state index in [0.717, 1.165) is 24.2 Å². The molecule has 0 aliphatic rings. The number of nitrogens with one attached hydrogen (secondary N) is 1. The summed E-state index contributed by atoms with van der Waals surface area (Å²) in [5.74, 6) is 0.532. The molecule has 4 nitrogen and oxygen atoms in total. The van der Waals surface area contributed by atoms with Crippen molar-refractivity contribution in [3.8, 4) is 5.75 Å². The molecule has 0 aromatic heterocycles. The predicted molar refractivity (Wildman–Crippen MR) is 88.3 cm³/mol. The van der Waals surface area contributed by atoms with Gasteiger partial charge >= 0.3 is 0 Å². The maximum atomic E-state index is 11.9. The summed E-state index contributed by atoms with van der Waals surface area (Å²) in [5, 5.41) is 3.95. The minimum Gasteiger partial charge on any atom is -0.494 e. The maximum Gasteiger partial charge on any atom is 0.271 e. The van der Waals surface area contributed by atoms with Crippen LogP contribution in [0.15, 0.2) is 59.7 Å². The van der Waals surface area contributed by atoms with Gasteiger partial charge in [-0.1, -0.05) is 43.7 Å². The second-order valence-electron chi connectivity index (χ2n) is 4.84. The lowest BCUT2D eigenvalue weighted by atomic mass is 10.2. The topological polar surface area (TPSA) is 50.7 Å². The van der Waals surface area contributed by atoms with Crippen molar-refractivity contribution in [2.75, 3.05) is 6.61 Å². The number of carbonyl (C=O) groups is 1. The summed E-state index contributed by atoms with van der Waals surface area (Å²) in [5.41, 5.74) is 3.99. The van der Waals surface area contributed by atoms with Crippen LogP contribution in [0.5, 0.6) is 5.75 Å². The molecule has 4 heteroatoms. The highest BCUT2D eigenvalue weighted by atomic mass is 16.5. The molecule has 0 bridgehead atoms. The number of carbonyl (C=O) groups excluding carboxylic acids is 1. The fourth-order valence-electron chi connectivity index (χ4n) is 1.81. The molecule has 114 valence electrons. The Hall–Kier alpha value is -2.62. The molecule has 0 heterocycles. The van der Waals surface area contributed by atoms with Crippen molar-refractivity contribution in [1.82, 2.24) is 5.43 Å². The average molecular weight is 296 g/mol. The largest absolute Gasteiger partial charge is 0.494 e. The second-order valence-corrected chi connectivity index (χ2v) is 4.84. The fraction of sp³-hybridized carbons (Fsp3) is 0.222. The lowest BCUT2D eigenvalue weighted by Crippen LogP contribution is -2.17. The average Bonchev–Trinajstić information content (AvgIpc) is 2.56. The van der Waals surface area contributed by atoms with Crippen LogP contribution in [0.4, 0.5) is 0 Å². The third-order valence-electron chi connectivity index (χ3n) is 3.06. The smallest absolute Gasteiger partial charge is 0.271 e. The van der Waals surface area contributed by atoms with Crippen LogP contribution >= 0.6 is 0 Å². The molecule has 0 aliphatic heterocycles. The van der Waals surface area contributed by atoms with Crippen molar-refractivity contribution >= 4 is 12.1 Å². The number of hydrogen-bond acceptors (Lipinski definition) is 3. The van der Waals surface area contributed by atoms with E-state index in [1.54, 1.807) is 30.5 Å². The van der Waals surface area contributed by atoms with E-state index in [0.29, 0.717) is 12.2 Å². The van der Waals surface area contributed by atoms with Crippen LogP contribution in [-0.2, 0) is 0 Å². The molecule has 2 rings (SSSR count). The van der Waals surface area contributed by atoms with Gasteiger partial charge in [0.05, 0.1) is 12.8 Å². The summed E-state index contributed by atoms with van der Waals surface area (Å²) >= 11 is 0. The van der Waals surface area contributed by atoms with E-state index in [1.165, 1.54) is 0 Å². The molecule has 2 aromatic rings. The Labute approximate surface area is 130 Å². The van der Waals surface area contributed by atoms with Gasteiger partial charge in [0.25, 0.3) is 5.91 Å². The van der Waals surface area contributed by atoms with E-state index < -0.39 is 0 Å². The normalized spacial score (nSPS) is 10.6. The summed E-state index contributed by atoms with van der Waals surface area (Å²) in [4.78, 5) is 11.9. The van der Waals surface area contributed by atoms with E-state index in [-0.39, 0.29) is 5.91 Å². The summed E-state index contributed by atoms with van der Waals surface area (Å²) in [7, 11) is 0. The van der Waals surface area contributed by atoms with Gasteiger partial charge in [0.15, 0.2) is 0 Å². The zero-order valence-corrected chi connectivity index (χ0v) is 12.7. The van der Waals surface area contributed by atoms with Crippen LogP contribution in [0, 0.1) is 0 Å². The molecule has 0 saturated carbocycles. The van der Waals surface area contributed by atoms with E-state index in [4.69, 9.17) is 4.74 Å². The molecule has 0 spiro atoms. The Kier molecular flexibility index (Phi) is 6.18. The molecule has 0 radical (unpaired) electrons. The Bertz CT molecular complexity index is 607. The van der Waals surface area contributed by atoms with E-state index in [1.807, 2.05) is 30.3 Å². The van der Waals surface area contributed by atoms with E-state index in [9.17, 15) is 4.79 Å². The van der Waals surface area contributed by atoms with Crippen LogP contribution in [0.3, 0.4) is 0 Å². The Balaban J connectivity index is 1.86. The lowest BCUT2D eigenvalue weighted by Gasteiger charge is -2.05. The van der Waals surface area contributed by atoms with Crippen LogP contribution in [0.25, 0.3) is 0 Å². The van der Waals surface area contributed by atoms with Crippen LogP contribution in [-0.4, -0.2) is 18.7 Å². The van der Waals surface area contributed by atoms with E-state index >= 15 is 0 Å². The minimum atomic E-state index is -0.243. The minimum absolute atomic E-state index is 0.243. The number of ether oxygens (including phenoxy) is 1. The number of hydrogen-bond donors (Lipinski definition) is 1. The number of unbranched alkanes of at least 4 members (excludes halogenated alkanes) is 1. The predicted octanol–water partition coefficient (Wildman–Crippen LogP) is 3.63. The van der Waals surface area contributed by atoms with Crippen molar-refractivity contribution in [2.45, 2.75) is 19.8 Å². The Morgan fingerprint density at radius 1 is 1.14 bits per heavy atom. The zero-order chi connectivity index (χ0) is 15.6. The zero-order valence-electron chi connectivity index (χ0n) is 12.7. The Morgan fingerprint density at radius 2 is 1.86 bits per heavy atom. The first-order valence-corrected chi connectivity index (χ1v) is 7.41. The van der Waals surface area contributed by atoms with Gasteiger partial charge in [-0.15, -0.1) is 0 Å². The number of rotatable bonds is 7. The third kappa shape index (κ3) is 5.05. The molecular formula is C18H20N2O2. The van der Waals surface area contributed by atoms with Crippen molar-refractivity contribution < 1.29 is 9.53 Å². The first-order chi connectivity index (χ1) is 10.8. The summed E-state index contributed by atoms with van der Waals surface area (Å²) in [6.07, 6.45) is 3.73. The van der Waals surface area contributed by atoms with Gasteiger partial charge in [0.1, 0.15) is 5.75 Å². The maximum absolute atomic E-state index is 11.9. The molecular weight excluding hydrogens is 276 g/mol. The fourth-order valence-corrected chi connectivity index (χ4v) is 1.81. The van der Waals surface area contributed by atoms with Crippen LogP contribution < -0.4 is 10.2 Å². The first kappa shape index (κ1) is 15.8. The number of amides is 1. The van der Waals surface area contributed by atoms with Crippen molar-refractivity contribution in [3.05, 3.63) is 65.7 Å². The summed E-state index contributed by atoms with van der Waals surface area (Å²) < 4.78 is 5.56. The number of hydrazone groups is 1. The molecule has 1 N–H and O–H groups in total. The number of benzene rings is 2. The van der Waals surface area contributed by atoms with Gasteiger partial charge in [-0.3, -0.25) is 4.79 Å². The molecule has 0 unspecified atom stereocenters. The van der Waals surface area contributed by atoms with Gasteiger partial charge in [0, 0.05) is 5.56 Å². The van der Waals surface area contributed by atoms with Gasteiger partial charge in [0.2, 0.25) is 0 Å². The molecule has 0 fully saturated rings. The van der Waals surface area contributed by atoms with Crippen molar-refractivity contribution in [3.63, 3.8) is 0 Å². The second kappa shape index (κ2) is 8.62. The first-order valence-electron chi connectivity index (χ1n) is 7.41. The van der Waals surface area contributed by atoms with E-state index in [2.05, 4.69) is 17.5 Å². The quantitative estimate of drug-likeness (QED) is 0.482. The molecule has 2 aromatic carbocycles. The van der Waals surface area contributed by atoms with Crippen LogP contribution in [0.1, 0.15) is 35.7 Å². The molecule has 1 amide bonds. The third-order valence-corrected chi connectivity index (χ3v) is 3.06. The molecule has 0 saturated heterocycles. The monoisotopic (exact) mass is 296 g/mol.